The number of ether oxygens (including phenoxy) is 2. The predicted octanol–water partition coefficient (Wildman–Crippen LogP) is 0.0558. The van der Waals surface area contributed by atoms with E-state index in [-0.39, 0.29) is 18.7 Å². The number of carbonyl (C=O) groups is 1. The van der Waals surface area contributed by atoms with Crippen molar-refractivity contribution in [2.45, 2.75) is 31.9 Å². The van der Waals surface area contributed by atoms with Gasteiger partial charge in [-0.15, -0.1) is 0 Å². The van der Waals surface area contributed by atoms with E-state index in [1.807, 2.05) is 0 Å². The number of hydrogen-bond acceptors (Lipinski definition) is 4. The molecule has 1 heterocycles. The fourth-order valence-corrected chi connectivity index (χ4v) is 1.07. The molecular weight excluding hydrogens is 158 g/mol. The highest BCUT2D eigenvalue weighted by Crippen LogP contribution is 2.17. The van der Waals surface area contributed by atoms with E-state index >= 15 is 0 Å². The molecule has 4 nitrogen and oxygen atoms in total. The van der Waals surface area contributed by atoms with Gasteiger partial charge in [-0.05, 0) is 13.8 Å². The lowest BCUT2D eigenvalue weighted by atomic mass is 10.0. The minimum atomic E-state index is -0.899. The number of nitrogens with two attached hydrogens (primary N) is 1. The van der Waals surface area contributed by atoms with Crippen LogP contribution < -0.4 is 5.73 Å². The van der Waals surface area contributed by atoms with E-state index in [4.69, 9.17) is 15.2 Å². The molecule has 1 fully saturated rings. The van der Waals surface area contributed by atoms with Crippen molar-refractivity contribution in [3.8, 4) is 0 Å². The van der Waals surface area contributed by atoms with Gasteiger partial charge in [-0.3, -0.25) is 0 Å². The minimum Gasteiger partial charge on any atom is -0.462 e. The predicted molar refractivity (Wildman–Crippen MR) is 43.6 cm³/mol. The highest BCUT2D eigenvalue weighted by Gasteiger charge is 2.40. The molecule has 1 aliphatic heterocycles. The molecule has 0 aromatic rings. The first-order chi connectivity index (χ1) is 5.54. The molecule has 0 spiro atoms. The van der Waals surface area contributed by atoms with E-state index in [0.717, 1.165) is 0 Å². The summed E-state index contributed by atoms with van der Waals surface area (Å²) in [5.74, 6) is -0.352. The van der Waals surface area contributed by atoms with Crippen LogP contribution in [0.2, 0.25) is 0 Å². The Bertz CT molecular complexity index is 173. The summed E-state index contributed by atoms with van der Waals surface area (Å²) in [6.07, 6.45) is 0.442. The van der Waals surface area contributed by atoms with Crippen LogP contribution in [0.5, 0.6) is 0 Å². The Morgan fingerprint density at radius 3 is 2.75 bits per heavy atom. The number of rotatable bonds is 2. The lowest BCUT2D eigenvalue weighted by Gasteiger charge is -2.20. The van der Waals surface area contributed by atoms with E-state index in [9.17, 15) is 4.79 Å². The van der Waals surface area contributed by atoms with Crippen LogP contribution in [0.1, 0.15) is 20.3 Å². The van der Waals surface area contributed by atoms with Crippen molar-refractivity contribution in [3.63, 3.8) is 0 Å². The molecule has 2 N–H and O–H groups in total. The molecule has 0 radical (unpaired) electrons. The fourth-order valence-electron chi connectivity index (χ4n) is 1.07. The molecule has 0 aromatic heterocycles. The monoisotopic (exact) mass is 173 g/mol. The van der Waals surface area contributed by atoms with E-state index < -0.39 is 5.54 Å². The Morgan fingerprint density at radius 2 is 2.33 bits per heavy atom. The van der Waals surface area contributed by atoms with Gasteiger partial charge in [-0.2, -0.15) is 0 Å². The smallest absolute Gasteiger partial charge is 0.328 e. The van der Waals surface area contributed by atoms with Crippen LogP contribution in [-0.4, -0.2) is 30.8 Å². The molecule has 0 aliphatic carbocycles. The summed E-state index contributed by atoms with van der Waals surface area (Å²) in [4.78, 5) is 11.4. The lowest BCUT2D eigenvalue weighted by Crippen LogP contribution is -2.50. The average Bonchev–Trinajstić information content (AvgIpc) is 2.36. The quantitative estimate of drug-likeness (QED) is 0.600. The molecule has 1 rings (SSSR count). The molecule has 0 aromatic carbocycles. The summed E-state index contributed by atoms with van der Waals surface area (Å²) >= 11 is 0. The SMILES string of the molecule is CC(C)OC(=O)C1(N)CCOC1. The maximum absolute atomic E-state index is 11.4. The maximum atomic E-state index is 11.4. The normalized spacial score (nSPS) is 29.3. The Kier molecular flexibility index (Phi) is 2.69. The molecule has 12 heavy (non-hydrogen) atoms. The lowest BCUT2D eigenvalue weighted by molar-refractivity contribution is -0.154. The van der Waals surface area contributed by atoms with Crippen LogP contribution in [0, 0.1) is 0 Å². The number of esters is 1. The van der Waals surface area contributed by atoms with Gasteiger partial charge in [0.1, 0.15) is 5.54 Å². The molecule has 0 amide bonds. The summed E-state index contributed by atoms with van der Waals surface area (Å²) < 4.78 is 10.0. The number of carbonyl (C=O) groups excluding carboxylic acids is 1. The summed E-state index contributed by atoms with van der Waals surface area (Å²) in [7, 11) is 0. The molecule has 1 unspecified atom stereocenters. The second kappa shape index (κ2) is 3.41. The standard InChI is InChI=1S/C8H15NO3/c1-6(2)12-7(10)8(9)3-4-11-5-8/h6H,3-5,9H2,1-2H3. The Balaban J connectivity index is 2.50. The van der Waals surface area contributed by atoms with Crippen molar-refractivity contribution in [3.05, 3.63) is 0 Å². The van der Waals surface area contributed by atoms with Crippen LogP contribution in [0.4, 0.5) is 0 Å². The van der Waals surface area contributed by atoms with Crippen molar-refractivity contribution in [1.82, 2.24) is 0 Å². The Hall–Kier alpha value is -0.610. The molecular formula is C8H15NO3. The van der Waals surface area contributed by atoms with E-state index in [0.29, 0.717) is 13.0 Å². The molecule has 4 heteroatoms. The zero-order valence-corrected chi connectivity index (χ0v) is 7.50. The summed E-state index contributed by atoms with van der Waals surface area (Å²) in [5, 5.41) is 0. The van der Waals surface area contributed by atoms with Crippen LogP contribution in [0.25, 0.3) is 0 Å². The third kappa shape index (κ3) is 1.95. The van der Waals surface area contributed by atoms with Gasteiger partial charge in [0.25, 0.3) is 0 Å². The molecule has 0 bridgehead atoms. The summed E-state index contributed by atoms with van der Waals surface area (Å²) in [6, 6.07) is 0. The molecule has 1 atom stereocenters. The van der Waals surface area contributed by atoms with Gasteiger partial charge in [0.2, 0.25) is 0 Å². The first-order valence-electron chi connectivity index (χ1n) is 4.12. The third-order valence-electron chi connectivity index (χ3n) is 1.80. The van der Waals surface area contributed by atoms with Crippen molar-refractivity contribution in [2.24, 2.45) is 5.73 Å². The van der Waals surface area contributed by atoms with E-state index in [1.165, 1.54) is 0 Å². The van der Waals surface area contributed by atoms with Gasteiger partial charge in [0, 0.05) is 13.0 Å². The van der Waals surface area contributed by atoms with Crippen molar-refractivity contribution >= 4 is 5.97 Å². The van der Waals surface area contributed by atoms with Crippen LogP contribution >= 0.6 is 0 Å². The highest BCUT2D eigenvalue weighted by molar-refractivity contribution is 5.81. The van der Waals surface area contributed by atoms with Crippen LogP contribution in [0.15, 0.2) is 0 Å². The number of hydrogen-bond donors (Lipinski definition) is 1. The highest BCUT2D eigenvalue weighted by atomic mass is 16.6. The van der Waals surface area contributed by atoms with Crippen molar-refractivity contribution in [1.29, 1.82) is 0 Å². The van der Waals surface area contributed by atoms with E-state index in [2.05, 4.69) is 0 Å². The fraction of sp³-hybridized carbons (Fsp3) is 0.875. The first kappa shape index (κ1) is 9.48. The van der Waals surface area contributed by atoms with Gasteiger partial charge in [0.15, 0.2) is 0 Å². The van der Waals surface area contributed by atoms with Crippen LogP contribution in [-0.2, 0) is 14.3 Å². The maximum Gasteiger partial charge on any atom is 0.328 e. The summed E-state index contributed by atoms with van der Waals surface area (Å²) in [6.45, 7) is 4.43. The summed E-state index contributed by atoms with van der Waals surface area (Å²) in [5.41, 5.74) is 4.85. The first-order valence-corrected chi connectivity index (χ1v) is 4.12. The molecule has 70 valence electrons. The zero-order chi connectivity index (χ0) is 9.19. The van der Waals surface area contributed by atoms with Crippen molar-refractivity contribution < 1.29 is 14.3 Å². The Morgan fingerprint density at radius 1 is 1.67 bits per heavy atom. The average molecular weight is 173 g/mol. The van der Waals surface area contributed by atoms with Gasteiger partial charge in [-0.25, -0.2) is 4.79 Å². The second-order valence-electron chi connectivity index (χ2n) is 3.41. The molecule has 0 saturated carbocycles. The van der Waals surface area contributed by atoms with Gasteiger partial charge >= 0.3 is 5.97 Å². The molecule has 1 saturated heterocycles. The zero-order valence-electron chi connectivity index (χ0n) is 7.50. The third-order valence-corrected chi connectivity index (χ3v) is 1.80. The van der Waals surface area contributed by atoms with Crippen LogP contribution in [0.3, 0.4) is 0 Å². The largest absolute Gasteiger partial charge is 0.462 e. The van der Waals surface area contributed by atoms with Crippen molar-refractivity contribution in [2.75, 3.05) is 13.2 Å². The minimum absolute atomic E-state index is 0.112. The van der Waals surface area contributed by atoms with Gasteiger partial charge in [-0.1, -0.05) is 0 Å². The topological polar surface area (TPSA) is 61.5 Å². The van der Waals surface area contributed by atoms with E-state index in [1.54, 1.807) is 13.8 Å². The Labute approximate surface area is 72.0 Å². The van der Waals surface area contributed by atoms with Gasteiger partial charge < -0.3 is 15.2 Å². The molecule has 1 aliphatic rings. The van der Waals surface area contributed by atoms with Gasteiger partial charge in [0.05, 0.1) is 12.7 Å². The second-order valence-corrected chi connectivity index (χ2v) is 3.41.